The van der Waals surface area contributed by atoms with Crippen LogP contribution in [0.15, 0.2) is 22.7 Å². The van der Waals surface area contributed by atoms with Crippen molar-refractivity contribution in [1.82, 2.24) is 10.2 Å². The Labute approximate surface area is 117 Å². The Kier molecular flexibility index (Phi) is 6.32. The van der Waals surface area contributed by atoms with Gasteiger partial charge in [-0.05, 0) is 44.8 Å². The second-order valence-corrected chi connectivity index (χ2v) is 5.35. The number of carbonyl (C=O) groups excluding carboxylic acids is 1. The molecule has 0 atom stereocenters. The normalized spacial score (nSPS) is 10.7. The van der Waals surface area contributed by atoms with Gasteiger partial charge in [-0.1, -0.05) is 15.9 Å². The summed E-state index contributed by atoms with van der Waals surface area (Å²) in [5, 5.41) is 5.96. The summed E-state index contributed by atoms with van der Waals surface area (Å²) in [4.78, 5) is 13.7. The summed E-state index contributed by atoms with van der Waals surface area (Å²) >= 11 is 3.43. The van der Waals surface area contributed by atoms with Crippen molar-refractivity contribution in [2.75, 3.05) is 39.0 Å². The number of hydrogen-bond acceptors (Lipinski definition) is 3. The van der Waals surface area contributed by atoms with Crippen LogP contribution >= 0.6 is 15.9 Å². The number of nitrogens with one attached hydrogen (secondary N) is 2. The number of benzene rings is 1. The summed E-state index contributed by atoms with van der Waals surface area (Å²) < 4.78 is 1.05. The van der Waals surface area contributed by atoms with Crippen molar-refractivity contribution in [2.24, 2.45) is 0 Å². The highest BCUT2D eigenvalue weighted by atomic mass is 79.9. The Morgan fingerprint density at radius 2 is 2.11 bits per heavy atom. The van der Waals surface area contributed by atoms with Gasteiger partial charge in [0.05, 0.1) is 6.54 Å². The zero-order valence-corrected chi connectivity index (χ0v) is 12.7. The van der Waals surface area contributed by atoms with Crippen LogP contribution in [-0.4, -0.2) is 44.5 Å². The lowest BCUT2D eigenvalue weighted by atomic mass is 10.2. The van der Waals surface area contributed by atoms with Crippen molar-refractivity contribution in [2.45, 2.75) is 6.92 Å². The third-order valence-corrected chi connectivity index (χ3v) is 3.35. The van der Waals surface area contributed by atoms with E-state index in [-0.39, 0.29) is 5.91 Å². The van der Waals surface area contributed by atoms with Crippen LogP contribution in [0.3, 0.4) is 0 Å². The Morgan fingerprint density at radius 3 is 2.72 bits per heavy atom. The van der Waals surface area contributed by atoms with Gasteiger partial charge in [-0.15, -0.1) is 0 Å². The van der Waals surface area contributed by atoms with E-state index in [2.05, 4.69) is 31.5 Å². The SMILES string of the molecule is Cc1cc(NC(=O)CNCCN(C)C)ccc1Br. The molecular weight excluding hydrogens is 294 g/mol. The fraction of sp³-hybridized carbons (Fsp3) is 0.462. The third-order valence-electron chi connectivity index (χ3n) is 2.46. The Balaban J connectivity index is 2.33. The monoisotopic (exact) mass is 313 g/mol. The minimum Gasteiger partial charge on any atom is -0.325 e. The van der Waals surface area contributed by atoms with Gasteiger partial charge in [0.25, 0.3) is 0 Å². The van der Waals surface area contributed by atoms with Crippen LogP contribution in [0.1, 0.15) is 5.56 Å². The molecule has 0 heterocycles. The minimum absolute atomic E-state index is 0.0181. The van der Waals surface area contributed by atoms with E-state index in [1.54, 1.807) is 0 Å². The van der Waals surface area contributed by atoms with E-state index in [4.69, 9.17) is 0 Å². The molecule has 1 aromatic carbocycles. The van der Waals surface area contributed by atoms with Gasteiger partial charge in [0.1, 0.15) is 0 Å². The molecular formula is C13H20BrN3O. The highest BCUT2D eigenvalue weighted by molar-refractivity contribution is 9.10. The molecule has 0 radical (unpaired) electrons. The lowest BCUT2D eigenvalue weighted by molar-refractivity contribution is -0.115. The van der Waals surface area contributed by atoms with Crippen LogP contribution in [0.4, 0.5) is 5.69 Å². The smallest absolute Gasteiger partial charge is 0.238 e. The van der Waals surface area contributed by atoms with Gasteiger partial charge in [0.2, 0.25) is 5.91 Å². The predicted molar refractivity (Wildman–Crippen MR) is 78.9 cm³/mol. The van der Waals surface area contributed by atoms with Crippen LogP contribution < -0.4 is 10.6 Å². The molecule has 0 fully saturated rings. The summed E-state index contributed by atoms with van der Waals surface area (Å²) in [6.45, 7) is 4.06. The molecule has 1 aromatic rings. The van der Waals surface area contributed by atoms with Crippen molar-refractivity contribution >= 4 is 27.5 Å². The quantitative estimate of drug-likeness (QED) is 0.788. The Morgan fingerprint density at radius 1 is 1.39 bits per heavy atom. The van der Waals surface area contributed by atoms with Crippen LogP contribution in [0, 0.1) is 6.92 Å². The number of carbonyl (C=O) groups is 1. The number of likely N-dealkylation sites (N-methyl/N-ethyl adjacent to an activating group) is 1. The Hall–Kier alpha value is -0.910. The van der Waals surface area contributed by atoms with E-state index in [0.29, 0.717) is 6.54 Å². The van der Waals surface area contributed by atoms with Crippen LogP contribution in [0.2, 0.25) is 0 Å². The molecule has 0 aliphatic carbocycles. The maximum atomic E-state index is 11.7. The molecule has 5 heteroatoms. The molecule has 1 amide bonds. The van der Waals surface area contributed by atoms with Crippen molar-refractivity contribution in [3.63, 3.8) is 0 Å². The fourth-order valence-electron chi connectivity index (χ4n) is 1.43. The Bertz CT molecular complexity index is 407. The van der Waals surface area contributed by atoms with Crippen molar-refractivity contribution < 1.29 is 4.79 Å². The number of aryl methyl sites for hydroxylation is 1. The number of amides is 1. The maximum Gasteiger partial charge on any atom is 0.238 e. The number of hydrogen-bond donors (Lipinski definition) is 2. The summed E-state index contributed by atoms with van der Waals surface area (Å²) in [6, 6.07) is 5.76. The van der Waals surface area contributed by atoms with Crippen LogP contribution in [0.5, 0.6) is 0 Å². The second-order valence-electron chi connectivity index (χ2n) is 4.49. The average molecular weight is 314 g/mol. The number of nitrogens with zero attached hydrogens (tertiary/aromatic N) is 1. The molecule has 0 unspecified atom stereocenters. The molecule has 0 spiro atoms. The molecule has 100 valence electrons. The molecule has 18 heavy (non-hydrogen) atoms. The molecule has 0 saturated heterocycles. The fourth-order valence-corrected chi connectivity index (χ4v) is 1.68. The van der Waals surface area contributed by atoms with Gasteiger partial charge < -0.3 is 15.5 Å². The molecule has 0 aromatic heterocycles. The van der Waals surface area contributed by atoms with Gasteiger partial charge in [-0.25, -0.2) is 0 Å². The standard InChI is InChI=1S/C13H20BrN3O/c1-10-8-11(4-5-12(10)14)16-13(18)9-15-6-7-17(2)3/h4-5,8,15H,6-7,9H2,1-3H3,(H,16,18). The average Bonchev–Trinajstić information content (AvgIpc) is 2.29. The van der Waals surface area contributed by atoms with Gasteiger partial charge in [-0.2, -0.15) is 0 Å². The molecule has 0 aliphatic heterocycles. The number of halogens is 1. The van der Waals surface area contributed by atoms with E-state index < -0.39 is 0 Å². The zero-order valence-electron chi connectivity index (χ0n) is 11.1. The number of anilines is 1. The topological polar surface area (TPSA) is 44.4 Å². The summed E-state index contributed by atoms with van der Waals surface area (Å²) in [7, 11) is 4.01. The summed E-state index contributed by atoms with van der Waals surface area (Å²) in [5.74, 6) is -0.0181. The summed E-state index contributed by atoms with van der Waals surface area (Å²) in [5.41, 5.74) is 1.93. The minimum atomic E-state index is -0.0181. The van der Waals surface area contributed by atoms with E-state index in [0.717, 1.165) is 28.8 Å². The van der Waals surface area contributed by atoms with Crippen LogP contribution in [0.25, 0.3) is 0 Å². The lowest BCUT2D eigenvalue weighted by Gasteiger charge is -2.11. The van der Waals surface area contributed by atoms with E-state index >= 15 is 0 Å². The number of rotatable bonds is 6. The zero-order chi connectivity index (χ0) is 13.5. The largest absolute Gasteiger partial charge is 0.325 e. The predicted octanol–water partition coefficient (Wildman–Crippen LogP) is 1.85. The first-order valence-corrected chi connectivity index (χ1v) is 6.70. The first kappa shape index (κ1) is 15.1. The van der Waals surface area contributed by atoms with Crippen molar-refractivity contribution in [3.05, 3.63) is 28.2 Å². The highest BCUT2D eigenvalue weighted by Crippen LogP contribution is 2.19. The molecule has 4 nitrogen and oxygen atoms in total. The van der Waals surface area contributed by atoms with Gasteiger partial charge in [0, 0.05) is 23.2 Å². The molecule has 1 rings (SSSR count). The van der Waals surface area contributed by atoms with E-state index in [1.807, 2.05) is 39.2 Å². The second kappa shape index (κ2) is 7.51. The van der Waals surface area contributed by atoms with Gasteiger partial charge in [0.15, 0.2) is 0 Å². The van der Waals surface area contributed by atoms with Crippen molar-refractivity contribution in [1.29, 1.82) is 0 Å². The van der Waals surface area contributed by atoms with Crippen LogP contribution in [-0.2, 0) is 4.79 Å². The molecule has 0 bridgehead atoms. The molecule has 0 saturated carbocycles. The maximum absolute atomic E-state index is 11.7. The third kappa shape index (κ3) is 5.62. The highest BCUT2D eigenvalue weighted by Gasteiger charge is 2.03. The summed E-state index contributed by atoms with van der Waals surface area (Å²) in [6.07, 6.45) is 0. The van der Waals surface area contributed by atoms with E-state index in [9.17, 15) is 4.79 Å². The van der Waals surface area contributed by atoms with E-state index in [1.165, 1.54) is 0 Å². The molecule has 2 N–H and O–H groups in total. The lowest BCUT2D eigenvalue weighted by Crippen LogP contribution is -2.33. The first-order valence-electron chi connectivity index (χ1n) is 5.90. The van der Waals surface area contributed by atoms with Gasteiger partial charge in [-0.3, -0.25) is 4.79 Å². The molecule has 0 aliphatic rings. The van der Waals surface area contributed by atoms with Crippen molar-refractivity contribution in [3.8, 4) is 0 Å². The first-order chi connectivity index (χ1) is 8.49. The van der Waals surface area contributed by atoms with Gasteiger partial charge >= 0.3 is 0 Å².